The quantitative estimate of drug-likeness (QED) is 0.490. The molecular formula is C13H23NO4Si. The van der Waals surface area contributed by atoms with Crippen molar-refractivity contribution in [2.24, 2.45) is 5.73 Å². The van der Waals surface area contributed by atoms with E-state index < -0.39 is 8.56 Å². The molecule has 2 N–H and O–H groups in total. The third-order valence-corrected chi connectivity index (χ3v) is 5.82. The van der Waals surface area contributed by atoms with Crippen molar-refractivity contribution in [3.8, 4) is 0 Å². The lowest BCUT2D eigenvalue weighted by Gasteiger charge is -2.29. The van der Waals surface area contributed by atoms with Crippen LogP contribution in [0.1, 0.15) is 0 Å². The number of methoxy groups -OCH3 is 2. The summed E-state index contributed by atoms with van der Waals surface area (Å²) in [5.74, 6) is 0. The highest BCUT2D eigenvalue weighted by Gasteiger charge is 2.38. The molecule has 0 aliphatic carbocycles. The van der Waals surface area contributed by atoms with E-state index in [-0.39, 0.29) is 0 Å². The van der Waals surface area contributed by atoms with E-state index in [1.165, 1.54) is 0 Å². The summed E-state index contributed by atoms with van der Waals surface area (Å²) in [6, 6.07) is 9.89. The van der Waals surface area contributed by atoms with Crippen LogP contribution in [0.2, 0.25) is 0 Å². The highest BCUT2D eigenvalue weighted by atomic mass is 28.4. The van der Waals surface area contributed by atoms with Crippen molar-refractivity contribution < 1.29 is 18.3 Å². The second kappa shape index (κ2) is 9.19. The zero-order valence-corrected chi connectivity index (χ0v) is 12.6. The summed E-state index contributed by atoms with van der Waals surface area (Å²) >= 11 is 0. The summed E-state index contributed by atoms with van der Waals surface area (Å²) in [5, 5.41) is 1.03. The lowest BCUT2D eigenvalue weighted by molar-refractivity contribution is 0.0922. The van der Waals surface area contributed by atoms with Crippen LogP contribution < -0.4 is 10.9 Å². The van der Waals surface area contributed by atoms with E-state index in [1.54, 1.807) is 14.2 Å². The van der Waals surface area contributed by atoms with Gasteiger partial charge in [-0.1, -0.05) is 30.3 Å². The Morgan fingerprint density at radius 1 is 0.895 bits per heavy atom. The van der Waals surface area contributed by atoms with Gasteiger partial charge in [0.1, 0.15) is 0 Å². The Kier molecular flexibility index (Phi) is 7.88. The molecule has 1 aromatic rings. The molecule has 0 spiro atoms. The Hall–Kier alpha value is -0.763. The minimum absolute atomic E-state index is 0.366. The fraction of sp³-hybridized carbons (Fsp3) is 0.538. The predicted molar refractivity (Wildman–Crippen MR) is 76.5 cm³/mol. The van der Waals surface area contributed by atoms with Crippen LogP contribution in [-0.2, 0) is 18.3 Å². The van der Waals surface area contributed by atoms with Crippen molar-refractivity contribution in [2.75, 3.05) is 46.8 Å². The maximum Gasteiger partial charge on any atom is 0.386 e. The van der Waals surface area contributed by atoms with Crippen LogP contribution in [0.15, 0.2) is 30.3 Å². The lowest BCUT2D eigenvalue weighted by atomic mass is 10.4. The van der Waals surface area contributed by atoms with Crippen LogP contribution in [-0.4, -0.2) is 55.4 Å². The van der Waals surface area contributed by atoms with Gasteiger partial charge in [-0.25, -0.2) is 0 Å². The van der Waals surface area contributed by atoms with Crippen LogP contribution in [0.25, 0.3) is 0 Å². The summed E-state index contributed by atoms with van der Waals surface area (Å²) < 4.78 is 22.0. The highest BCUT2D eigenvalue weighted by molar-refractivity contribution is 6.81. The monoisotopic (exact) mass is 285 g/mol. The second-order valence-electron chi connectivity index (χ2n) is 4.01. The normalized spacial score (nSPS) is 11.7. The number of rotatable bonds is 10. The number of ether oxygens (including phenoxy) is 2. The van der Waals surface area contributed by atoms with Crippen LogP contribution in [0.4, 0.5) is 0 Å². The van der Waals surface area contributed by atoms with Gasteiger partial charge in [-0.15, -0.1) is 0 Å². The predicted octanol–water partition coefficient (Wildman–Crippen LogP) is 0.160. The molecule has 0 aliphatic heterocycles. The topological polar surface area (TPSA) is 62.9 Å². The van der Waals surface area contributed by atoms with Crippen LogP contribution >= 0.6 is 0 Å². The van der Waals surface area contributed by atoms with Crippen molar-refractivity contribution >= 4 is 13.7 Å². The van der Waals surface area contributed by atoms with E-state index in [2.05, 4.69) is 0 Å². The van der Waals surface area contributed by atoms with E-state index in [0.29, 0.717) is 32.6 Å². The van der Waals surface area contributed by atoms with E-state index in [4.69, 9.17) is 24.1 Å². The molecule has 0 fully saturated rings. The van der Waals surface area contributed by atoms with Crippen molar-refractivity contribution in [1.82, 2.24) is 0 Å². The van der Waals surface area contributed by atoms with Gasteiger partial charge in [0.05, 0.1) is 26.4 Å². The second-order valence-corrected chi connectivity index (χ2v) is 7.07. The molecule has 0 saturated heterocycles. The van der Waals surface area contributed by atoms with Crippen molar-refractivity contribution in [2.45, 2.75) is 0 Å². The van der Waals surface area contributed by atoms with Crippen molar-refractivity contribution in [3.63, 3.8) is 0 Å². The van der Waals surface area contributed by atoms with Crippen molar-refractivity contribution in [1.29, 1.82) is 0 Å². The molecule has 0 bridgehead atoms. The summed E-state index contributed by atoms with van der Waals surface area (Å²) in [4.78, 5) is 0. The maximum atomic E-state index is 5.96. The van der Waals surface area contributed by atoms with Gasteiger partial charge in [0.25, 0.3) is 0 Å². The molecule has 1 aromatic carbocycles. The van der Waals surface area contributed by atoms with Crippen LogP contribution in [0, 0.1) is 0 Å². The molecule has 6 heteroatoms. The van der Waals surface area contributed by atoms with Gasteiger partial charge in [0.2, 0.25) is 0 Å². The molecule has 0 saturated carbocycles. The molecule has 108 valence electrons. The van der Waals surface area contributed by atoms with Crippen LogP contribution in [0.5, 0.6) is 0 Å². The zero-order valence-electron chi connectivity index (χ0n) is 11.6. The smallest absolute Gasteiger partial charge is 0.386 e. The van der Waals surface area contributed by atoms with Gasteiger partial charge in [-0.05, 0) is 5.19 Å². The highest BCUT2D eigenvalue weighted by Crippen LogP contribution is 2.07. The Morgan fingerprint density at radius 3 is 1.84 bits per heavy atom. The Balaban J connectivity index is 2.79. The molecule has 0 radical (unpaired) electrons. The summed E-state index contributed by atoms with van der Waals surface area (Å²) in [5.41, 5.74) is 5.93. The molecule has 0 amide bonds. The zero-order chi connectivity index (χ0) is 14.0. The average Bonchev–Trinajstić information content (AvgIpc) is 2.47. The van der Waals surface area contributed by atoms with E-state index >= 15 is 0 Å². The molecule has 0 aliphatic rings. The van der Waals surface area contributed by atoms with Gasteiger partial charge in [0.15, 0.2) is 0 Å². The fourth-order valence-corrected chi connectivity index (χ4v) is 4.13. The van der Waals surface area contributed by atoms with E-state index in [1.807, 2.05) is 30.3 Å². The molecule has 19 heavy (non-hydrogen) atoms. The summed E-state index contributed by atoms with van der Waals surface area (Å²) in [6.45, 7) is 1.99. The first-order chi connectivity index (χ1) is 9.29. The van der Waals surface area contributed by atoms with Crippen molar-refractivity contribution in [3.05, 3.63) is 30.3 Å². The minimum atomic E-state index is -2.60. The number of nitrogens with two attached hydrogens (primary N) is 1. The molecule has 0 heterocycles. The van der Waals surface area contributed by atoms with Gasteiger partial charge >= 0.3 is 8.56 Å². The van der Waals surface area contributed by atoms with Gasteiger partial charge in [-0.3, -0.25) is 0 Å². The molecular weight excluding hydrogens is 262 g/mol. The third kappa shape index (κ3) is 5.02. The average molecular weight is 285 g/mol. The Morgan fingerprint density at radius 2 is 1.42 bits per heavy atom. The summed E-state index contributed by atoms with van der Waals surface area (Å²) in [7, 11) is 0.682. The lowest BCUT2D eigenvalue weighted by Crippen LogP contribution is -2.60. The molecule has 0 aromatic heterocycles. The SMILES string of the molecule is COCCO[Si](CN)(OCCOC)c1ccccc1. The van der Waals surface area contributed by atoms with E-state index in [0.717, 1.165) is 5.19 Å². The van der Waals surface area contributed by atoms with Crippen LogP contribution in [0.3, 0.4) is 0 Å². The minimum Gasteiger partial charge on any atom is -0.388 e. The third-order valence-electron chi connectivity index (χ3n) is 2.73. The maximum absolute atomic E-state index is 5.96. The first kappa shape index (κ1) is 16.3. The largest absolute Gasteiger partial charge is 0.388 e. The molecule has 1 rings (SSSR count). The number of benzene rings is 1. The molecule has 0 unspecified atom stereocenters. The first-order valence-electron chi connectivity index (χ1n) is 6.30. The fourth-order valence-electron chi connectivity index (χ4n) is 1.72. The van der Waals surface area contributed by atoms with E-state index in [9.17, 15) is 0 Å². The first-order valence-corrected chi connectivity index (χ1v) is 8.33. The van der Waals surface area contributed by atoms with Gasteiger partial charge < -0.3 is 24.1 Å². The Bertz CT molecular complexity index is 327. The summed E-state index contributed by atoms with van der Waals surface area (Å²) in [6.07, 6.45) is 0.366. The van der Waals surface area contributed by atoms with Gasteiger partial charge in [0, 0.05) is 20.4 Å². The standard InChI is InChI=1S/C13H23NO4Si/c1-15-8-10-17-19(12-14,18-11-9-16-2)13-6-4-3-5-7-13/h3-7H,8-12,14H2,1-2H3. The van der Waals surface area contributed by atoms with Gasteiger partial charge in [-0.2, -0.15) is 0 Å². The molecule has 0 atom stereocenters. The Labute approximate surface area is 115 Å². The molecule has 5 nitrogen and oxygen atoms in total. The number of hydrogen-bond acceptors (Lipinski definition) is 5. The number of hydrogen-bond donors (Lipinski definition) is 1.